The Bertz CT molecular complexity index is 528. The van der Waals surface area contributed by atoms with E-state index in [0.29, 0.717) is 17.9 Å². The van der Waals surface area contributed by atoms with Crippen molar-refractivity contribution in [2.24, 2.45) is 0 Å². The normalized spacial score (nSPS) is 15.6. The van der Waals surface area contributed by atoms with Crippen LogP contribution in [0.25, 0.3) is 0 Å². The zero-order chi connectivity index (χ0) is 15.9. The van der Waals surface area contributed by atoms with Gasteiger partial charge in [0.05, 0.1) is 6.54 Å². The van der Waals surface area contributed by atoms with Gasteiger partial charge in [-0.15, -0.1) is 0 Å². The van der Waals surface area contributed by atoms with Crippen molar-refractivity contribution in [3.05, 3.63) is 34.9 Å². The molecule has 1 fully saturated rings. The predicted octanol–water partition coefficient (Wildman–Crippen LogP) is 1.16. The molecule has 1 aliphatic rings. The van der Waals surface area contributed by atoms with Crippen molar-refractivity contribution in [2.75, 3.05) is 39.8 Å². The standard InChI is InChI=1S/C16H22ClN3O2/c1-19-7-9-20(10-8-19)16(22)12-18-15(21)6-5-13-3-2-4-14(17)11-13/h2-4,11H,5-10,12H2,1H3,(H,18,21). The van der Waals surface area contributed by atoms with Crippen molar-refractivity contribution in [3.8, 4) is 0 Å². The highest BCUT2D eigenvalue weighted by Crippen LogP contribution is 2.12. The van der Waals surface area contributed by atoms with Crippen LogP contribution in [0.2, 0.25) is 5.02 Å². The molecule has 2 amide bonds. The van der Waals surface area contributed by atoms with Crippen molar-refractivity contribution >= 4 is 23.4 Å². The van der Waals surface area contributed by atoms with Crippen LogP contribution < -0.4 is 5.32 Å². The van der Waals surface area contributed by atoms with Gasteiger partial charge in [-0.05, 0) is 31.2 Å². The third-order valence-electron chi connectivity index (χ3n) is 3.82. The average molecular weight is 324 g/mol. The van der Waals surface area contributed by atoms with Crippen LogP contribution in [0.4, 0.5) is 0 Å². The lowest BCUT2D eigenvalue weighted by atomic mass is 10.1. The number of benzene rings is 1. The molecular weight excluding hydrogens is 302 g/mol. The van der Waals surface area contributed by atoms with Crippen LogP contribution >= 0.6 is 11.6 Å². The lowest BCUT2D eigenvalue weighted by Gasteiger charge is -2.32. The molecule has 0 radical (unpaired) electrons. The second-order valence-electron chi connectivity index (χ2n) is 5.59. The van der Waals surface area contributed by atoms with Crippen molar-refractivity contribution in [1.29, 1.82) is 0 Å². The van der Waals surface area contributed by atoms with Gasteiger partial charge < -0.3 is 15.1 Å². The zero-order valence-corrected chi connectivity index (χ0v) is 13.6. The van der Waals surface area contributed by atoms with Crippen LogP contribution in [0, 0.1) is 0 Å². The minimum absolute atomic E-state index is 0.00999. The van der Waals surface area contributed by atoms with Crippen LogP contribution in [0.3, 0.4) is 0 Å². The van der Waals surface area contributed by atoms with E-state index in [0.717, 1.165) is 31.7 Å². The molecule has 0 bridgehead atoms. The Morgan fingerprint density at radius 1 is 1.23 bits per heavy atom. The molecule has 0 aromatic heterocycles. The first-order valence-electron chi connectivity index (χ1n) is 7.52. The highest BCUT2D eigenvalue weighted by Gasteiger charge is 2.19. The molecular formula is C16H22ClN3O2. The lowest BCUT2D eigenvalue weighted by molar-refractivity contribution is -0.134. The van der Waals surface area contributed by atoms with E-state index in [1.807, 2.05) is 25.2 Å². The average Bonchev–Trinajstić information content (AvgIpc) is 2.51. The predicted molar refractivity (Wildman–Crippen MR) is 86.9 cm³/mol. The fourth-order valence-corrected chi connectivity index (χ4v) is 2.59. The van der Waals surface area contributed by atoms with Gasteiger partial charge in [-0.2, -0.15) is 0 Å². The highest BCUT2D eigenvalue weighted by atomic mass is 35.5. The third kappa shape index (κ3) is 5.31. The number of carbonyl (C=O) groups is 2. The molecule has 2 rings (SSSR count). The van der Waals surface area contributed by atoms with Crippen molar-refractivity contribution in [1.82, 2.24) is 15.1 Å². The van der Waals surface area contributed by atoms with Crippen LogP contribution in [-0.4, -0.2) is 61.4 Å². The maximum Gasteiger partial charge on any atom is 0.242 e. The van der Waals surface area contributed by atoms with E-state index in [1.165, 1.54) is 0 Å². The molecule has 6 heteroatoms. The van der Waals surface area contributed by atoms with E-state index in [9.17, 15) is 9.59 Å². The Labute approximate surface area is 136 Å². The molecule has 1 aromatic rings. The fourth-order valence-electron chi connectivity index (χ4n) is 2.38. The van der Waals surface area contributed by atoms with Gasteiger partial charge >= 0.3 is 0 Å². The Morgan fingerprint density at radius 3 is 2.64 bits per heavy atom. The summed E-state index contributed by atoms with van der Waals surface area (Å²) in [5, 5.41) is 3.37. The van der Waals surface area contributed by atoms with Gasteiger partial charge in [-0.25, -0.2) is 0 Å². The lowest BCUT2D eigenvalue weighted by Crippen LogP contribution is -2.50. The molecule has 1 N–H and O–H groups in total. The number of nitrogens with zero attached hydrogens (tertiary/aromatic N) is 2. The van der Waals surface area contributed by atoms with Crippen molar-refractivity contribution in [3.63, 3.8) is 0 Å². The van der Waals surface area contributed by atoms with E-state index in [2.05, 4.69) is 10.2 Å². The molecule has 0 atom stereocenters. The number of aryl methyl sites for hydroxylation is 1. The molecule has 5 nitrogen and oxygen atoms in total. The topological polar surface area (TPSA) is 52.6 Å². The van der Waals surface area contributed by atoms with Crippen LogP contribution in [-0.2, 0) is 16.0 Å². The van der Waals surface area contributed by atoms with Gasteiger partial charge in [0.1, 0.15) is 0 Å². The Morgan fingerprint density at radius 2 is 1.95 bits per heavy atom. The van der Waals surface area contributed by atoms with E-state index in [-0.39, 0.29) is 18.4 Å². The molecule has 1 aliphatic heterocycles. The second-order valence-corrected chi connectivity index (χ2v) is 6.03. The summed E-state index contributed by atoms with van der Waals surface area (Å²) < 4.78 is 0. The quantitative estimate of drug-likeness (QED) is 0.885. The molecule has 1 aromatic carbocycles. The summed E-state index contributed by atoms with van der Waals surface area (Å²) in [7, 11) is 2.04. The number of amides is 2. The Kier molecular flexibility index (Phi) is 6.21. The number of piperazine rings is 1. The maximum absolute atomic E-state index is 12.0. The minimum Gasteiger partial charge on any atom is -0.347 e. The molecule has 0 unspecified atom stereocenters. The largest absolute Gasteiger partial charge is 0.347 e. The first-order chi connectivity index (χ1) is 10.5. The molecule has 1 heterocycles. The molecule has 120 valence electrons. The van der Waals surface area contributed by atoms with E-state index < -0.39 is 0 Å². The van der Waals surface area contributed by atoms with Crippen LogP contribution in [0.1, 0.15) is 12.0 Å². The van der Waals surface area contributed by atoms with Crippen molar-refractivity contribution in [2.45, 2.75) is 12.8 Å². The zero-order valence-electron chi connectivity index (χ0n) is 12.8. The summed E-state index contributed by atoms with van der Waals surface area (Å²) in [4.78, 5) is 27.8. The number of hydrogen-bond donors (Lipinski definition) is 1. The third-order valence-corrected chi connectivity index (χ3v) is 4.06. The maximum atomic E-state index is 12.0. The van der Waals surface area contributed by atoms with Crippen molar-refractivity contribution < 1.29 is 9.59 Å². The Balaban J connectivity index is 1.68. The second kappa shape index (κ2) is 8.15. The number of likely N-dealkylation sites (N-methyl/N-ethyl adjacent to an activating group) is 1. The summed E-state index contributed by atoms with van der Waals surface area (Å²) in [6.07, 6.45) is 0.978. The highest BCUT2D eigenvalue weighted by molar-refractivity contribution is 6.30. The Hall–Kier alpha value is -1.59. The first-order valence-corrected chi connectivity index (χ1v) is 7.90. The van der Waals surface area contributed by atoms with Gasteiger partial charge in [0, 0.05) is 37.6 Å². The van der Waals surface area contributed by atoms with E-state index in [1.54, 1.807) is 11.0 Å². The minimum atomic E-state index is -0.109. The molecule has 1 saturated heterocycles. The van der Waals surface area contributed by atoms with Crippen LogP contribution in [0.5, 0.6) is 0 Å². The van der Waals surface area contributed by atoms with E-state index >= 15 is 0 Å². The van der Waals surface area contributed by atoms with Gasteiger partial charge in [0.2, 0.25) is 11.8 Å². The molecule has 22 heavy (non-hydrogen) atoms. The summed E-state index contributed by atoms with van der Waals surface area (Å²) >= 11 is 5.90. The van der Waals surface area contributed by atoms with Gasteiger partial charge in [-0.1, -0.05) is 23.7 Å². The molecule has 0 saturated carbocycles. The molecule has 0 spiro atoms. The smallest absolute Gasteiger partial charge is 0.242 e. The summed E-state index contributed by atoms with van der Waals surface area (Å²) in [5.74, 6) is -0.119. The van der Waals surface area contributed by atoms with Gasteiger partial charge in [-0.3, -0.25) is 9.59 Å². The first kappa shape index (κ1) is 16.8. The SMILES string of the molecule is CN1CCN(C(=O)CNC(=O)CCc2cccc(Cl)c2)CC1. The van der Waals surface area contributed by atoms with Gasteiger partial charge in [0.15, 0.2) is 0 Å². The number of halogens is 1. The monoisotopic (exact) mass is 323 g/mol. The van der Waals surface area contributed by atoms with Crippen LogP contribution in [0.15, 0.2) is 24.3 Å². The number of carbonyl (C=O) groups excluding carboxylic acids is 2. The number of rotatable bonds is 5. The number of hydrogen-bond acceptors (Lipinski definition) is 3. The number of nitrogens with one attached hydrogen (secondary N) is 1. The van der Waals surface area contributed by atoms with Gasteiger partial charge in [0.25, 0.3) is 0 Å². The summed E-state index contributed by atoms with van der Waals surface area (Å²) in [6, 6.07) is 7.46. The molecule has 0 aliphatic carbocycles. The summed E-state index contributed by atoms with van der Waals surface area (Å²) in [5.41, 5.74) is 1.02. The summed E-state index contributed by atoms with van der Waals surface area (Å²) in [6.45, 7) is 3.31. The van der Waals surface area contributed by atoms with E-state index in [4.69, 9.17) is 11.6 Å². The fraction of sp³-hybridized carbons (Fsp3) is 0.500.